The minimum atomic E-state index is 0.780. The number of allylic oxidation sites excluding steroid dienone is 1. The molecule has 17 heavy (non-hydrogen) atoms. The summed E-state index contributed by atoms with van der Waals surface area (Å²) in [4.78, 5) is 4.50. The van der Waals surface area contributed by atoms with Gasteiger partial charge in [-0.05, 0) is 37.6 Å². The summed E-state index contributed by atoms with van der Waals surface area (Å²) in [6, 6.07) is 6.02. The maximum atomic E-state index is 6.05. The van der Waals surface area contributed by atoms with E-state index in [1.165, 1.54) is 15.6 Å². The molecule has 0 N–H and O–H groups in total. The summed E-state index contributed by atoms with van der Waals surface area (Å²) in [6.45, 7) is 5.15. The largest absolute Gasteiger partial charge is 0.335 e. The average Bonchev–Trinajstić information content (AvgIpc) is 2.65. The zero-order valence-electron chi connectivity index (χ0n) is 9.87. The predicted molar refractivity (Wildman–Crippen MR) is 81.3 cm³/mol. The number of benzene rings is 1. The molecule has 1 aliphatic heterocycles. The Morgan fingerprint density at radius 2 is 2.24 bits per heavy atom. The van der Waals surface area contributed by atoms with Crippen LogP contribution in [0.4, 0.5) is 5.69 Å². The van der Waals surface area contributed by atoms with Crippen molar-refractivity contribution in [1.29, 1.82) is 0 Å². The van der Waals surface area contributed by atoms with Crippen molar-refractivity contribution in [3.8, 4) is 0 Å². The molecule has 0 aromatic heterocycles. The molecule has 0 bridgehead atoms. The smallest absolute Gasteiger partial charge is 0.0812 e. The second-order valence-corrected chi connectivity index (χ2v) is 5.78. The highest BCUT2D eigenvalue weighted by Crippen LogP contribution is 2.46. The third-order valence-electron chi connectivity index (χ3n) is 2.64. The fourth-order valence-corrected chi connectivity index (χ4v) is 3.27. The Morgan fingerprint density at radius 1 is 1.47 bits per heavy atom. The first-order valence-corrected chi connectivity index (χ1v) is 7.25. The molecule has 0 unspecified atom stereocenters. The van der Waals surface area contributed by atoms with Gasteiger partial charge in [-0.1, -0.05) is 42.5 Å². The third-order valence-corrected chi connectivity index (χ3v) is 4.40. The van der Waals surface area contributed by atoms with Gasteiger partial charge in [0, 0.05) is 21.3 Å². The average molecular weight is 284 g/mol. The summed E-state index contributed by atoms with van der Waals surface area (Å²) in [6.07, 6.45) is 3.01. The van der Waals surface area contributed by atoms with E-state index in [1.807, 2.05) is 12.1 Å². The molecule has 1 aliphatic rings. The van der Waals surface area contributed by atoms with Crippen molar-refractivity contribution in [2.45, 2.75) is 25.2 Å². The van der Waals surface area contributed by atoms with Crippen molar-refractivity contribution >= 4 is 46.1 Å². The number of fused-ring (bicyclic) bond motifs is 1. The van der Waals surface area contributed by atoms with Gasteiger partial charge < -0.3 is 4.90 Å². The van der Waals surface area contributed by atoms with Crippen molar-refractivity contribution in [2.24, 2.45) is 0 Å². The fraction of sp³-hybridized carbons (Fsp3) is 0.308. The lowest BCUT2D eigenvalue weighted by Gasteiger charge is -2.18. The van der Waals surface area contributed by atoms with Gasteiger partial charge in [0.15, 0.2) is 0 Å². The number of anilines is 1. The van der Waals surface area contributed by atoms with Crippen LogP contribution in [0.5, 0.6) is 0 Å². The van der Waals surface area contributed by atoms with Gasteiger partial charge in [-0.3, -0.25) is 0 Å². The second-order valence-electron chi connectivity index (χ2n) is 3.76. The molecule has 1 aromatic carbocycles. The molecule has 0 amide bonds. The zero-order valence-corrected chi connectivity index (χ0v) is 12.3. The SMILES string of the molecule is CCC(=S)C=C1Sc2ccc(Cl)cc2N1CC. The number of hydrogen-bond donors (Lipinski definition) is 0. The molecular weight excluding hydrogens is 270 g/mol. The molecule has 4 heteroatoms. The van der Waals surface area contributed by atoms with Gasteiger partial charge in [0.05, 0.1) is 10.7 Å². The van der Waals surface area contributed by atoms with E-state index >= 15 is 0 Å². The van der Waals surface area contributed by atoms with Crippen molar-refractivity contribution in [3.63, 3.8) is 0 Å². The Bertz CT molecular complexity index is 482. The Labute approximate surface area is 117 Å². The lowest BCUT2D eigenvalue weighted by molar-refractivity contribution is 1.00. The van der Waals surface area contributed by atoms with Crippen LogP contribution in [0.3, 0.4) is 0 Å². The number of halogens is 1. The van der Waals surface area contributed by atoms with Crippen LogP contribution >= 0.6 is 35.6 Å². The summed E-state index contributed by atoms with van der Waals surface area (Å²) in [5.74, 6) is 0. The number of thioether (sulfide) groups is 1. The highest BCUT2D eigenvalue weighted by molar-refractivity contribution is 8.03. The van der Waals surface area contributed by atoms with Crippen LogP contribution < -0.4 is 4.90 Å². The fourth-order valence-electron chi connectivity index (χ4n) is 1.75. The van der Waals surface area contributed by atoms with Gasteiger partial charge in [0.2, 0.25) is 0 Å². The van der Waals surface area contributed by atoms with E-state index in [1.54, 1.807) is 11.8 Å². The van der Waals surface area contributed by atoms with Gasteiger partial charge in [-0.15, -0.1) is 0 Å². The lowest BCUT2D eigenvalue weighted by atomic mass is 10.3. The van der Waals surface area contributed by atoms with Gasteiger partial charge in [-0.25, -0.2) is 0 Å². The number of rotatable bonds is 3. The Balaban J connectivity index is 2.38. The highest BCUT2D eigenvalue weighted by Gasteiger charge is 2.24. The number of nitrogens with zero attached hydrogens (tertiary/aromatic N) is 1. The van der Waals surface area contributed by atoms with Crippen LogP contribution in [-0.2, 0) is 0 Å². The van der Waals surface area contributed by atoms with Gasteiger partial charge in [0.25, 0.3) is 0 Å². The van der Waals surface area contributed by atoms with Crippen LogP contribution in [0, 0.1) is 0 Å². The topological polar surface area (TPSA) is 3.24 Å². The molecule has 0 fully saturated rings. The normalized spacial score (nSPS) is 16.4. The van der Waals surface area contributed by atoms with Crippen LogP contribution in [0.15, 0.2) is 34.2 Å². The van der Waals surface area contributed by atoms with E-state index in [0.29, 0.717) is 0 Å². The molecule has 1 nitrogen and oxygen atoms in total. The van der Waals surface area contributed by atoms with E-state index in [2.05, 4.69) is 30.9 Å². The monoisotopic (exact) mass is 283 g/mol. The quantitative estimate of drug-likeness (QED) is 0.574. The van der Waals surface area contributed by atoms with Crippen molar-refractivity contribution in [1.82, 2.24) is 0 Å². The summed E-state index contributed by atoms with van der Waals surface area (Å²) in [5.41, 5.74) is 1.19. The molecule has 0 saturated carbocycles. The molecule has 1 heterocycles. The molecule has 2 rings (SSSR count). The number of thiocarbonyl (C=S) groups is 1. The molecule has 0 radical (unpaired) electrons. The first-order valence-electron chi connectivity index (χ1n) is 5.65. The number of hydrogen-bond acceptors (Lipinski definition) is 3. The van der Waals surface area contributed by atoms with E-state index in [4.69, 9.17) is 23.8 Å². The first kappa shape index (κ1) is 12.9. The Morgan fingerprint density at radius 3 is 2.88 bits per heavy atom. The summed E-state index contributed by atoms with van der Waals surface area (Å²) >= 11 is 13.1. The van der Waals surface area contributed by atoms with Gasteiger partial charge in [-0.2, -0.15) is 0 Å². The molecule has 1 aromatic rings. The van der Waals surface area contributed by atoms with Crippen LogP contribution in [0.25, 0.3) is 0 Å². The van der Waals surface area contributed by atoms with Gasteiger partial charge >= 0.3 is 0 Å². The van der Waals surface area contributed by atoms with Crippen LogP contribution in [0.2, 0.25) is 5.02 Å². The van der Waals surface area contributed by atoms with E-state index < -0.39 is 0 Å². The van der Waals surface area contributed by atoms with E-state index in [-0.39, 0.29) is 0 Å². The van der Waals surface area contributed by atoms with Crippen LogP contribution in [-0.4, -0.2) is 11.4 Å². The molecular formula is C13H14ClNS2. The van der Waals surface area contributed by atoms with Crippen molar-refractivity contribution < 1.29 is 0 Å². The summed E-state index contributed by atoms with van der Waals surface area (Å²) < 4.78 is 0. The summed E-state index contributed by atoms with van der Waals surface area (Å²) in [5, 5.41) is 1.98. The lowest BCUT2D eigenvalue weighted by Crippen LogP contribution is -2.17. The highest BCUT2D eigenvalue weighted by atomic mass is 35.5. The summed E-state index contributed by atoms with van der Waals surface area (Å²) in [7, 11) is 0. The Hall–Kier alpha value is -0.510. The van der Waals surface area contributed by atoms with Crippen molar-refractivity contribution in [2.75, 3.05) is 11.4 Å². The molecule has 0 saturated heterocycles. The van der Waals surface area contributed by atoms with Crippen LogP contribution in [0.1, 0.15) is 20.3 Å². The third kappa shape index (κ3) is 2.67. The van der Waals surface area contributed by atoms with E-state index in [0.717, 1.165) is 22.9 Å². The molecule has 0 atom stereocenters. The Kier molecular flexibility index (Phi) is 4.13. The van der Waals surface area contributed by atoms with Crippen molar-refractivity contribution in [3.05, 3.63) is 34.3 Å². The first-order chi connectivity index (χ1) is 8.15. The maximum Gasteiger partial charge on any atom is 0.0812 e. The van der Waals surface area contributed by atoms with E-state index in [9.17, 15) is 0 Å². The maximum absolute atomic E-state index is 6.05. The minimum absolute atomic E-state index is 0.780. The molecule has 0 spiro atoms. The zero-order chi connectivity index (χ0) is 12.4. The second kappa shape index (κ2) is 5.42. The minimum Gasteiger partial charge on any atom is -0.335 e. The molecule has 90 valence electrons. The standard InChI is InChI=1S/C13H14ClNS2/c1-3-10(16)8-13-15(4-2)11-7-9(14)5-6-12(11)17-13/h5-8H,3-4H2,1-2H3. The molecule has 0 aliphatic carbocycles. The predicted octanol–water partition coefficient (Wildman–Crippen LogP) is 4.89. The van der Waals surface area contributed by atoms with Gasteiger partial charge in [0.1, 0.15) is 0 Å².